The van der Waals surface area contributed by atoms with E-state index in [9.17, 15) is 5.48 Å². The van der Waals surface area contributed by atoms with Gasteiger partial charge in [-0.15, -0.1) is 29.1 Å². The van der Waals surface area contributed by atoms with Crippen molar-refractivity contribution in [2.75, 3.05) is 0 Å². The van der Waals surface area contributed by atoms with E-state index in [1.807, 2.05) is 74.0 Å². The van der Waals surface area contributed by atoms with Crippen molar-refractivity contribution in [3.05, 3.63) is 186 Å². The quantitative estimate of drug-likeness (QED) is 0.118. The van der Waals surface area contributed by atoms with Crippen LogP contribution in [0, 0.1) is 25.8 Å². The molecule has 0 radical (unpaired) electrons. The molecule has 0 atom stereocenters. The number of hydrogen-bond donors (Lipinski definition) is 0. The first kappa shape index (κ1) is 28.9. The van der Waals surface area contributed by atoms with E-state index in [-0.39, 0.29) is 54.4 Å². The second-order valence-electron chi connectivity index (χ2n) is 17.4. The fourth-order valence-corrected chi connectivity index (χ4v) is 7.81. The molecule has 0 saturated carbocycles. The van der Waals surface area contributed by atoms with Crippen molar-refractivity contribution >= 4 is 50.6 Å². The molecular weight excluding hydrogens is 966 g/mol. The van der Waals surface area contributed by atoms with Gasteiger partial charge in [0.1, 0.15) is 11.5 Å². The Bertz CT molecular complexity index is 3890. The summed E-state index contributed by atoms with van der Waals surface area (Å²) in [6.07, 6.45) is 5.35. The van der Waals surface area contributed by atoms with Gasteiger partial charge in [0.25, 0.3) is 11.4 Å². The standard InChI is InChI=1S/C57H49N5O.Pt/c1-37-16-20-39(21-17-37)46-12-11-13-47(40-22-18-38(2)19-23-40)55(46)61-36-60(51-14-9-10-15-52(51)61)43-30-42(57(6,7)8)31-45(33-43)63-44-24-25-48-49-35-58-28-27-50(49)62(53(48)34-44)54-32-41(26-29-59-54)56(3,4)5;/h9-32,35H,1-8H3;/q;+2/i1D3,2D3,16D,17D,18D,19D,20D,21D,22D,23D;. The Balaban J connectivity index is 0.00000740. The molecule has 316 valence electrons. The van der Waals surface area contributed by atoms with Gasteiger partial charge in [0.2, 0.25) is 5.69 Å². The van der Waals surface area contributed by atoms with Gasteiger partial charge in [0.05, 0.1) is 22.1 Å². The third-order valence-electron chi connectivity index (χ3n) is 11.1. The number of aromatic nitrogens is 3. The van der Waals surface area contributed by atoms with Crippen LogP contribution >= 0.6 is 0 Å². The number of rotatable bonds is 7. The van der Waals surface area contributed by atoms with E-state index in [1.165, 1.54) is 22.8 Å². The van der Waals surface area contributed by atoms with Gasteiger partial charge >= 0.3 is 27.1 Å². The summed E-state index contributed by atoms with van der Waals surface area (Å²) in [5, 5.41) is 1.79. The smallest absolute Gasteiger partial charge is 0.509 e. The summed E-state index contributed by atoms with van der Waals surface area (Å²) in [5.74, 6) is 1.39. The van der Waals surface area contributed by atoms with Crippen LogP contribution in [-0.2, 0) is 31.9 Å². The zero-order valence-corrected chi connectivity index (χ0v) is 38.0. The largest absolute Gasteiger partial charge is 2.00 e. The zero-order valence-electron chi connectivity index (χ0n) is 49.8. The fourth-order valence-electron chi connectivity index (χ4n) is 7.81. The van der Waals surface area contributed by atoms with E-state index in [2.05, 4.69) is 50.0 Å². The van der Waals surface area contributed by atoms with E-state index in [0.717, 1.165) is 27.4 Å². The topological polar surface area (TPSA) is 46.0 Å². The SMILES string of the molecule is [2H]c1c([2H])c(C([2H])([2H])[2H])c([2H])c([2H])c1-c1cccc(-c2c([2H])c([2H])c(C([2H])([2H])[2H])c([2H])c2[2H])c1[N+]1=C=[N+](c2[c-]c(Oc3[c-]c4c(cc3)c3cnccc3n4-c3cc(C(C)(C)C)ccn3)cc(C(C)(C)C)c2)c2ccccc21.[Pt+2]. The second-order valence-corrected chi connectivity index (χ2v) is 17.4. The van der Waals surface area contributed by atoms with Gasteiger partial charge in [-0.25, -0.2) is 4.98 Å². The Morgan fingerprint density at radius 2 is 1.31 bits per heavy atom. The van der Waals surface area contributed by atoms with E-state index in [4.69, 9.17) is 23.4 Å². The van der Waals surface area contributed by atoms with Crippen molar-refractivity contribution in [1.29, 1.82) is 0 Å². The predicted molar refractivity (Wildman–Crippen MR) is 259 cm³/mol. The third-order valence-corrected chi connectivity index (χ3v) is 11.1. The van der Waals surface area contributed by atoms with Crippen molar-refractivity contribution in [1.82, 2.24) is 23.7 Å². The Labute approximate surface area is 409 Å². The molecule has 4 heterocycles. The van der Waals surface area contributed by atoms with Gasteiger partial charge in [-0.1, -0.05) is 141 Å². The molecular formula is C57H49N5OPt+2. The summed E-state index contributed by atoms with van der Waals surface area (Å²) in [7, 11) is 0. The number of hydrogen-bond acceptors (Lipinski definition) is 3. The molecule has 0 N–H and O–H groups in total. The van der Waals surface area contributed by atoms with Gasteiger partial charge in [0.15, 0.2) is 0 Å². The van der Waals surface area contributed by atoms with Crippen molar-refractivity contribution in [3.8, 4) is 39.6 Å². The Kier molecular flexibility index (Phi) is 7.42. The van der Waals surface area contributed by atoms with E-state index >= 15 is 0 Å². The van der Waals surface area contributed by atoms with E-state index in [1.54, 1.807) is 35.2 Å². The first-order chi connectivity index (χ1) is 36.1. The maximum atomic E-state index is 9.24. The zero-order chi connectivity index (χ0) is 55.6. The molecule has 6 nitrogen and oxygen atoms in total. The van der Waals surface area contributed by atoms with E-state index in [0.29, 0.717) is 39.9 Å². The fraction of sp³-hybridized carbons (Fsp3) is 0.175. The van der Waals surface area contributed by atoms with Crippen LogP contribution in [-0.4, -0.2) is 20.5 Å². The van der Waals surface area contributed by atoms with Crippen molar-refractivity contribution in [3.63, 3.8) is 0 Å². The molecule has 7 heteroatoms. The minimum absolute atomic E-state index is 0. The van der Waals surface area contributed by atoms with Crippen molar-refractivity contribution < 1.29 is 45.0 Å². The Morgan fingerprint density at radius 1 is 0.656 bits per heavy atom. The number of fused-ring (bicyclic) bond motifs is 4. The summed E-state index contributed by atoms with van der Waals surface area (Å²) < 4.78 is 133. The molecule has 0 spiro atoms. The molecule has 1 aliphatic rings. The monoisotopic (exact) mass is 1030 g/mol. The van der Waals surface area contributed by atoms with Crippen molar-refractivity contribution in [2.45, 2.75) is 66.1 Å². The van der Waals surface area contributed by atoms with Crippen LogP contribution in [0.1, 0.15) is 83.0 Å². The van der Waals surface area contributed by atoms with Crippen LogP contribution in [0.25, 0.3) is 49.9 Å². The first-order valence-electron chi connectivity index (χ1n) is 27.4. The van der Waals surface area contributed by atoms with Gasteiger partial charge in [-0.05, 0) is 81.5 Å². The Hall–Kier alpha value is -6.71. The minimum atomic E-state index is -3.02. The average Bonchev–Trinajstić information content (AvgIpc) is 3.90. The predicted octanol–water partition coefficient (Wildman–Crippen LogP) is 14.4. The van der Waals surface area contributed by atoms with Crippen LogP contribution in [0.2, 0.25) is 0 Å². The molecule has 0 amide bonds. The van der Waals surface area contributed by atoms with Gasteiger partial charge in [-0.3, -0.25) is 4.98 Å². The summed E-state index contributed by atoms with van der Waals surface area (Å²) in [4.78, 5) is 9.23. The third kappa shape index (κ3) is 7.83. The first-order valence-corrected chi connectivity index (χ1v) is 20.4. The number of ether oxygens (including phenoxy) is 1. The maximum absolute atomic E-state index is 9.24. The van der Waals surface area contributed by atoms with E-state index < -0.39 is 78.6 Å². The van der Waals surface area contributed by atoms with Crippen LogP contribution in [0.5, 0.6) is 11.5 Å². The van der Waals surface area contributed by atoms with Crippen LogP contribution in [0.3, 0.4) is 0 Å². The van der Waals surface area contributed by atoms with Gasteiger partial charge < -0.3 is 9.30 Å². The van der Waals surface area contributed by atoms with Crippen LogP contribution < -0.4 is 13.9 Å². The second kappa shape index (κ2) is 16.4. The summed E-state index contributed by atoms with van der Waals surface area (Å²) in [5.41, 5.74) is 2.05. The average molecular weight is 1030 g/mol. The number of para-hydroxylation sites is 3. The maximum Gasteiger partial charge on any atom is 2.00 e. The normalized spacial score (nSPS) is 16.0. The Morgan fingerprint density at radius 3 is 1.95 bits per heavy atom. The summed E-state index contributed by atoms with van der Waals surface area (Å²) >= 11 is 0. The molecule has 3 aromatic heterocycles. The molecule has 0 aliphatic carbocycles. The minimum Gasteiger partial charge on any atom is -0.509 e. The number of nitrogens with zero attached hydrogens (tertiary/aromatic N) is 5. The van der Waals surface area contributed by atoms with Crippen molar-refractivity contribution in [2.24, 2.45) is 0 Å². The van der Waals surface area contributed by atoms with Crippen LogP contribution in [0.4, 0.5) is 22.7 Å². The molecule has 10 rings (SSSR count). The summed E-state index contributed by atoms with van der Waals surface area (Å²) in [6.45, 7) is 6.54. The molecule has 0 unspecified atom stereocenters. The molecule has 0 saturated heterocycles. The molecule has 9 aromatic rings. The number of benzene rings is 6. The molecule has 0 fully saturated rings. The molecule has 0 bridgehead atoms. The van der Waals surface area contributed by atoms with Gasteiger partial charge in [0, 0.05) is 56.0 Å². The molecule has 1 aliphatic heterocycles. The van der Waals surface area contributed by atoms with Gasteiger partial charge in [-0.2, -0.15) is 6.07 Å². The molecule has 6 aromatic carbocycles. The molecule has 64 heavy (non-hydrogen) atoms. The number of pyridine rings is 2. The van der Waals surface area contributed by atoms with Crippen LogP contribution in [0.15, 0.2) is 152 Å². The summed E-state index contributed by atoms with van der Waals surface area (Å²) in [6, 6.07) is 29.6.